The lowest BCUT2D eigenvalue weighted by Crippen LogP contribution is -2.26. The Balaban J connectivity index is 2.96. The van der Waals surface area contributed by atoms with Crippen LogP contribution in [0.5, 0.6) is 0 Å². The van der Waals surface area contributed by atoms with E-state index in [1.54, 1.807) is 18.2 Å². The van der Waals surface area contributed by atoms with Gasteiger partial charge in [0.2, 0.25) is 9.84 Å². The minimum absolute atomic E-state index is 0.173. The van der Waals surface area contributed by atoms with Gasteiger partial charge >= 0.3 is 0 Å². The highest BCUT2D eigenvalue weighted by Crippen LogP contribution is 2.26. The molecule has 1 unspecified atom stereocenters. The quantitative estimate of drug-likeness (QED) is 0.884. The summed E-state index contributed by atoms with van der Waals surface area (Å²) in [7, 11) is -3.62. The number of aliphatic hydroxyl groups is 1. The lowest BCUT2D eigenvalue weighted by molar-refractivity contribution is 0.185. The van der Waals surface area contributed by atoms with Crippen molar-refractivity contribution < 1.29 is 13.5 Å². The van der Waals surface area contributed by atoms with E-state index < -0.39 is 15.3 Å². The van der Waals surface area contributed by atoms with Crippen LogP contribution in [0.2, 0.25) is 0 Å². The van der Waals surface area contributed by atoms with Gasteiger partial charge in [-0.15, -0.1) is 0 Å². The largest absolute Gasteiger partial charge is 0.377 e. The average Bonchev–Trinajstić information content (AvgIpc) is 2.16. The summed E-state index contributed by atoms with van der Waals surface area (Å²) in [4.78, 5) is 0.173. The molecule has 0 bridgehead atoms. The first-order chi connectivity index (χ1) is 7.23. The van der Waals surface area contributed by atoms with Crippen LogP contribution < -0.4 is 0 Å². The van der Waals surface area contributed by atoms with Crippen LogP contribution in [0.15, 0.2) is 35.2 Å². The van der Waals surface area contributed by atoms with Crippen LogP contribution >= 0.6 is 0 Å². The Hall–Kier alpha value is -0.870. The lowest BCUT2D eigenvalue weighted by Gasteiger charge is -2.22. The predicted octanol–water partition coefficient (Wildman–Crippen LogP) is 2.21. The van der Waals surface area contributed by atoms with Gasteiger partial charge in [0.1, 0.15) is 0 Å². The van der Waals surface area contributed by atoms with E-state index in [1.165, 1.54) is 12.1 Å². The minimum atomic E-state index is -3.62. The first kappa shape index (κ1) is 13.2. The third-order valence-corrected chi connectivity index (χ3v) is 4.03. The molecule has 0 spiro atoms. The smallest absolute Gasteiger partial charge is 0.204 e. The van der Waals surface area contributed by atoms with Crippen LogP contribution in [0, 0.1) is 5.41 Å². The number of rotatable bonds is 3. The molecule has 0 amide bonds. The maximum atomic E-state index is 12.0. The van der Waals surface area contributed by atoms with Gasteiger partial charge in [0.25, 0.3) is 0 Å². The Morgan fingerprint density at radius 1 is 1.19 bits per heavy atom. The van der Waals surface area contributed by atoms with Crippen LogP contribution in [0.25, 0.3) is 0 Å². The van der Waals surface area contributed by atoms with E-state index in [0.29, 0.717) is 0 Å². The van der Waals surface area contributed by atoms with Crippen molar-refractivity contribution in [1.82, 2.24) is 0 Å². The van der Waals surface area contributed by atoms with Gasteiger partial charge in [-0.25, -0.2) is 8.42 Å². The second kappa shape index (κ2) is 4.55. The molecule has 0 saturated heterocycles. The summed E-state index contributed by atoms with van der Waals surface area (Å²) in [5.41, 5.74) is -1.56. The highest BCUT2D eigenvalue weighted by molar-refractivity contribution is 7.91. The van der Waals surface area contributed by atoms with E-state index in [1.807, 2.05) is 20.8 Å². The molecule has 4 heteroatoms. The van der Waals surface area contributed by atoms with Crippen LogP contribution in [0.4, 0.5) is 0 Å². The monoisotopic (exact) mass is 242 g/mol. The van der Waals surface area contributed by atoms with E-state index in [9.17, 15) is 13.5 Å². The van der Waals surface area contributed by atoms with Crippen molar-refractivity contribution in [2.24, 2.45) is 5.41 Å². The molecule has 0 aliphatic carbocycles. The van der Waals surface area contributed by atoms with Crippen LogP contribution in [-0.2, 0) is 9.84 Å². The van der Waals surface area contributed by atoms with E-state index >= 15 is 0 Å². The van der Waals surface area contributed by atoms with Gasteiger partial charge in [-0.2, -0.15) is 0 Å². The molecule has 0 aromatic heterocycles. The molecule has 1 aromatic carbocycles. The van der Waals surface area contributed by atoms with E-state index in [4.69, 9.17) is 0 Å². The van der Waals surface area contributed by atoms with Crippen LogP contribution in [0.3, 0.4) is 0 Å². The summed E-state index contributed by atoms with van der Waals surface area (Å²) < 4.78 is 23.9. The summed E-state index contributed by atoms with van der Waals surface area (Å²) >= 11 is 0. The highest BCUT2D eigenvalue weighted by atomic mass is 32.2. The van der Waals surface area contributed by atoms with Crippen molar-refractivity contribution in [3.63, 3.8) is 0 Å². The van der Waals surface area contributed by atoms with Crippen molar-refractivity contribution in [1.29, 1.82) is 0 Å². The lowest BCUT2D eigenvalue weighted by atomic mass is 9.93. The van der Waals surface area contributed by atoms with Gasteiger partial charge in [-0.3, -0.25) is 0 Å². The molecule has 1 N–H and O–H groups in total. The summed E-state index contributed by atoms with van der Waals surface area (Å²) in [6, 6.07) is 8.05. The molecule has 0 aliphatic heterocycles. The Labute approximate surface area is 97.0 Å². The number of hydrogen-bond donors (Lipinski definition) is 1. The molecule has 0 heterocycles. The summed E-state index contributed by atoms with van der Waals surface area (Å²) in [6.45, 7) is 5.70. The van der Waals surface area contributed by atoms with E-state index in [2.05, 4.69) is 0 Å². The molecule has 1 atom stereocenters. The number of hydrogen-bond acceptors (Lipinski definition) is 3. The predicted molar refractivity (Wildman–Crippen MR) is 63.7 cm³/mol. The fraction of sp³-hybridized carbons (Fsp3) is 0.500. The van der Waals surface area contributed by atoms with Crippen molar-refractivity contribution in [2.45, 2.75) is 37.5 Å². The zero-order valence-electron chi connectivity index (χ0n) is 9.84. The Morgan fingerprint density at radius 3 is 2.12 bits per heavy atom. The maximum absolute atomic E-state index is 12.0. The third kappa shape index (κ3) is 3.32. The Morgan fingerprint density at radius 2 is 1.69 bits per heavy atom. The first-order valence-corrected chi connectivity index (χ1v) is 6.75. The standard InChI is InChI=1S/C12H18O3S/c1-12(2,3)9-11(13)16(14,15)10-7-5-4-6-8-10/h4-8,11,13H,9H2,1-3H3. The van der Waals surface area contributed by atoms with E-state index in [-0.39, 0.29) is 16.7 Å². The second-order valence-electron chi connectivity index (χ2n) is 5.08. The molecular formula is C12H18O3S. The van der Waals surface area contributed by atoms with Crippen molar-refractivity contribution in [2.75, 3.05) is 0 Å². The zero-order chi connectivity index (χ0) is 12.4. The molecule has 0 saturated carbocycles. The fourth-order valence-corrected chi connectivity index (χ4v) is 2.97. The van der Waals surface area contributed by atoms with Gasteiger partial charge in [-0.05, 0) is 24.0 Å². The normalized spacial score (nSPS) is 14.8. The Kier molecular flexibility index (Phi) is 3.76. The van der Waals surface area contributed by atoms with Crippen molar-refractivity contribution >= 4 is 9.84 Å². The maximum Gasteiger partial charge on any atom is 0.204 e. The summed E-state index contributed by atoms with van der Waals surface area (Å²) in [5, 5.41) is 9.78. The van der Waals surface area contributed by atoms with E-state index in [0.717, 1.165) is 0 Å². The molecule has 16 heavy (non-hydrogen) atoms. The molecule has 1 rings (SSSR count). The van der Waals surface area contributed by atoms with Crippen LogP contribution in [-0.4, -0.2) is 19.0 Å². The number of sulfone groups is 1. The molecule has 0 aliphatic rings. The molecule has 0 fully saturated rings. The average molecular weight is 242 g/mol. The minimum Gasteiger partial charge on any atom is -0.377 e. The molecule has 3 nitrogen and oxygen atoms in total. The molecule has 90 valence electrons. The van der Waals surface area contributed by atoms with Crippen molar-refractivity contribution in [3.05, 3.63) is 30.3 Å². The Bertz CT molecular complexity index is 429. The fourth-order valence-electron chi connectivity index (χ4n) is 1.40. The van der Waals surface area contributed by atoms with Gasteiger partial charge in [0.05, 0.1) is 4.90 Å². The van der Waals surface area contributed by atoms with Gasteiger partial charge < -0.3 is 5.11 Å². The zero-order valence-corrected chi connectivity index (χ0v) is 10.7. The topological polar surface area (TPSA) is 54.4 Å². The molecule has 1 aromatic rings. The summed E-state index contributed by atoms with van der Waals surface area (Å²) in [5.74, 6) is 0. The van der Waals surface area contributed by atoms with Gasteiger partial charge in [0.15, 0.2) is 5.44 Å². The SMILES string of the molecule is CC(C)(C)CC(O)S(=O)(=O)c1ccccc1. The second-order valence-corrected chi connectivity index (χ2v) is 7.18. The summed E-state index contributed by atoms with van der Waals surface area (Å²) in [6.07, 6.45) is 0.226. The molecule has 0 radical (unpaired) electrons. The van der Waals surface area contributed by atoms with Crippen LogP contribution in [0.1, 0.15) is 27.2 Å². The molecular weight excluding hydrogens is 224 g/mol. The number of benzene rings is 1. The van der Waals surface area contributed by atoms with Crippen molar-refractivity contribution in [3.8, 4) is 0 Å². The third-order valence-electron chi connectivity index (χ3n) is 2.22. The number of aliphatic hydroxyl groups excluding tert-OH is 1. The van der Waals surface area contributed by atoms with Gasteiger partial charge in [0, 0.05) is 0 Å². The first-order valence-electron chi connectivity index (χ1n) is 5.20. The highest BCUT2D eigenvalue weighted by Gasteiger charge is 2.29. The van der Waals surface area contributed by atoms with Gasteiger partial charge in [-0.1, -0.05) is 39.0 Å².